The minimum Gasteiger partial charge on any atom is -0.320 e. The average molecular weight is 556 g/mol. The van der Waals surface area contributed by atoms with Crippen LogP contribution < -0.4 is 15.4 Å². The summed E-state index contributed by atoms with van der Waals surface area (Å²) in [5.41, 5.74) is 1.64. The van der Waals surface area contributed by atoms with Crippen molar-refractivity contribution in [2.75, 3.05) is 15.4 Å². The molecule has 0 saturated carbocycles. The van der Waals surface area contributed by atoms with Crippen molar-refractivity contribution in [2.24, 2.45) is 0 Å². The number of nitriles is 2. The Balaban J connectivity index is 1.67. The minimum atomic E-state index is -4.09. The van der Waals surface area contributed by atoms with Crippen molar-refractivity contribution >= 4 is 50.5 Å². The van der Waals surface area contributed by atoms with Crippen molar-refractivity contribution in [1.82, 2.24) is 0 Å². The normalized spacial score (nSPS) is 10.5. The molecule has 0 atom stereocenters. The first kappa shape index (κ1) is 26.9. The number of benzene rings is 4. The van der Waals surface area contributed by atoms with Crippen LogP contribution in [0.5, 0.6) is 0 Å². The first-order valence-electron chi connectivity index (χ1n) is 11.2. The van der Waals surface area contributed by atoms with Gasteiger partial charge in [-0.2, -0.15) is 10.5 Å². The summed E-state index contributed by atoms with van der Waals surface area (Å²) in [6.45, 7) is 0. The maximum Gasteiger partial charge on any atom is 0.261 e. The molecule has 0 unspecified atom stereocenters. The van der Waals surface area contributed by atoms with Crippen LogP contribution in [0.3, 0.4) is 0 Å². The van der Waals surface area contributed by atoms with Gasteiger partial charge in [0.25, 0.3) is 21.8 Å². The quantitative estimate of drug-likeness (QED) is 0.278. The first-order chi connectivity index (χ1) is 18.7. The van der Waals surface area contributed by atoms with E-state index >= 15 is 0 Å². The van der Waals surface area contributed by atoms with E-state index in [4.69, 9.17) is 22.1 Å². The van der Waals surface area contributed by atoms with Gasteiger partial charge in [0, 0.05) is 21.8 Å². The molecule has 0 radical (unpaired) electrons. The van der Waals surface area contributed by atoms with Gasteiger partial charge in [-0.25, -0.2) is 8.42 Å². The molecule has 192 valence electrons. The average Bonchev–Trinajstić information content (AvgIpc) is 2.95. The zero-order valence-electron chi connectivity index (χ0n) is 20.0. The van der Waals surface area contributed by atoms with E-state index in [0.29, 0.717) is 16.1 Å². The maximum atomic E-state index is 13.1. The van der Waals surface area contributed by atoms with Crippen LogP contribution in [0.15, 0.2) is 95.9 Å². The van der Waals surface area contributed by atoms with Crippen molar-refractivity contribution in [3.8, 4) is 12.1 Å². The van der Waals surface area contributed by atoms with Crippen molar-refractivity contribution in [2.45, 2.75) is 4.90 Å². The van der Waals surface area contributed by atoms with Gasteiger partial charge < -0.3 is 10.6 Å². The summed E-state index contributed by atoms with van der Waals surface area (Å²) in [4.78, 5) is 25.6. The molecule has 4 rings (SSSR count). The zero-order valence-corrected chi connectivity index (χ0v) is 21.5. The number of rotatable bonds is 7. The minimum absolute atomic E-state index is 0.0188. The highest BCUT2D eigenvalue weighted by molar-refractivity contribution is 7.92. The van der Waals surface area contributed by atoms with Crippen molar-refractivity contribution in [3.05, 3.63) is 118 Å². The van der Waals surface area contributed by atoms with Crippen LogP contribution in [0.4, 0.5) is 17.1 Å². The second-order valence-corrected chi connectivity index (χ2v) is 10.2. The Morgan fingerprint density at radius 1 is 0.667 bits per heavy atom. The molecule has 0 aliphatic heterocycles. The highest BCUT2D eigenvalue weighted by atomic mass is 35.5. The van der Waals surface area contributed by atoms with Crippen LogP contribution in [0.1, 0.15) is 31.8 Å². The Morgan fingerprint density at radius 3 is 1.64 bits per heavy atom. The molecule has 3 N–H and O–H groups in total. The van der Waals surface area contributed by atoms with Gasteiger partial charge in [0.1, 0.15) is 0 Å². The fourth-order valence-electron chi connectivity index (χ4n) is 3.42. The van der Waals surface area contributed by atoms with Gasteiger partial charge in [-0.3, -0.25) is 14.3 Å². The van der Waals surface area contributed by atoms with Crippen molar-refractivity contribution in [1.29, 1.82) is 10.5 Å². The summed E-state index contributed by atoms with van der Waals surface area (Å²) in [7, 11) is -4.09. The van der Waals surface area contributed by atoms with Crippen molar-refractivity contribution in [3.63, 3.8) is 0 Å². The molecular weight excluding hydrogens is 538 g/mol. The molecule has 11 heteroatoms. The number of amides is 2. The summed E-state index contributed by atoms with van der Waals surface area (Å²) in [6.07, 6.45) is 0. The lowest BCUT2D eigenvalue weighted by Gasteiger charge is -2.15. The van der Waals surface area contributed by atoms with Crippen LogP contribution in [-0.2, 0) is 10.0 Å². The molecule has 0 saturated heterocycles. The monoisotopic (exact) mass is 555 g/mol. The number of hydrogen-bond acceptors (Lipinski definition) is 6. The van der Waals surface area contributed by atoms with E-state index in [1.165, 1.54) is 91.0 Å². The molecule has 4 aromatic carbocycles. The van der Waals surface area contributed by atoms with E-state index < -0.39 is 21.8 Å². The van der Waals surface area contributed by atoms with Gasteiger partial charge in [0.05, 0.1) is 39.5 Å². The van der Waals surface area contributed by atoms with Gasteiger partial charge in [0.2, 0.25) is 0 Å². The van der Waals surface area contributed by atoms with Gasteiger partial charge in [0.15, 0.2) is 0 Å². The Labute approximate surface area is 229 Å². The Bertz CT molecular complexity index is 1740. The number of sulfonamides is 1. The molecule has 4 aromatic rings. The number of anilines is 3. The Morgan fingerprint density at radius 2 is 1.15 bits per heavy atom. The molecular formula is C28H18ClN5O4S. The maximum absolute atomic E-state index is 13.1. The number of halogens is 1. The number of hydrogen-bond donors (Lipinski definition) is 3. The van der Waals surface area contributed by atoms with E-state index in [1.807, 2.05) is 12.1 Å². The fraction of sp³-hybridized carbons (Fsp3) is 0. The molecule has 0 bridgehead atoms. The molecule has 0 spiro atoms. The predicted octanol–water partition coefficient (Wildman–Crippen LogP) is 5.39. The molecule has 0 heterocycles. The molecule has 39 heavy (non-hydrogen) atoms. The van der Waals surface area contributed by atoms with Gasteiger partial charge in [-0.05, 0) is 91.0 Å². The van der Waals surface area contributed by atoms with Crippen LogP contribution in [0.2, 0.25) is 5.02 Å². The summed E-state index contributed by atoms with van der Waals surface area (Å²) < 4.78 is 28.6. The molecule has 9 nitrogen and oxygen atoms in total. The predicted molar refractivity (Wildman–Crippen MR) is 147 cm³/mol. The first-order valence-corrected chi connectivity index (χ1v) is 13.1. The number of carbonyl (C=O) groups is 2. The van der Waals surface area contributed by atoms with Crippen LogP contribution in [0, 0.1) is 22.7 Å². The second kappa shape index (κ2) is 11.5. The zero-order chi connectivity index (χ0) is 28.0. The van der Waals surface area contributed by atoms with E-state index in [-0.39, 0.29) is 33.1 Å². The lowest BCUT2D eigenvalue weighted by atomic mass is 10.1. The molecule has 0 fully saturated rings. The van der Waals surface area contributed by atoms with E-state index in [2.05, 4.69) is 15.4 Å². The number of carbonyl (C=O) groups excluding carboxylic acids is 2. The highest BCUT2D eigenvalue weighted by Crippen LogP contribution is 2.28. The van der Waals surface area contributed by atoms with Gasteiger partial charge >= 0.3 is 0 Å². The smallest absolute Gasteiger partial charge is 0.261 e. The number of nitrogens with one attached hydrogen (secondary N) is 3. The third-order valence-corrected chi connectivity index (χ3v) is 7.08. The SMILES string of the molecule is N#Cc1ccc(C(=O)Nc2ccc(S(=O)(=O)Nc3ccc(Cl)cc3)cc2NC(=O)c2ccc(C#N)cc2)cc1. The topological polar surface area (TPSA) is 152 Å². The molecule has 0 aromatic heterocycles. The molecule has 0 aliphatic rings. The molecule has 0 aliphatic carbocycles. The highest BCUT2D eigenvalue weighted by Gasteiger charge is 2.19. The van der Waals surface area contributed by atoms with Crippen molar-refractivity contribution < 1.29 is 18.0 Å². The lowest BCUT2D eigenvalue weighted by Crippen LogP contribution is -2.18. The summed E-state index contributed by atoms with van der Waals surface area (Å²) in [6, 6.07) is 25.6. The third kappa shape index (κ3) is 6.59. The summed E-state index contributed by atoms with van der Waals surface area (Å²) in [5.74, 6) is -1.13. The summed E-state index contributed by atoms with van der Waals surface area (Å²) >= 11 is 5.87. The van der Waals surface area contributed by atoms with Gasteiger partial charge in [-0.15, -0.1) is 0 Å². The second-order valence-electron chi connectivity index (χ2n) is 8.11. The molecule has 2 amide bonds. The number of nitrogens with zero attached hydrogens (tertiary/aromatic N) is 2. The fourth-order valence-corrected chi connectivity index (χ4v) is 4.63. The van der Waals surface area contributed by atoms with E-state index in [0.717, 1.165) is 0 Å². The van der Waals surface area contributed by atoms with Gasteiger partial charge in [-0.1, -0.05) is 11.6 Å². The van der Waals surface area contributed by atoms with Crippen LogP contribution in [0.25, 0.3) is 0 Å². The largest absolute Gasteiger partial charge is 0.320 e. The standard InChI is InChI=1S/C28H18ClN5O4S/c29-22-9-11-23(12-10-22)34-39(37,38)24-13-14-25(32-27(35)20-5-1-18(16-30)2-6-20)26(15-24)33-28(36)21-7-3-19(17-31)4-8-21/h1-15,34H,(H,32,35)(H,33,36). The van der Waals surface area contributed by atoms with Crippen LogP contribution in [-0.4, -0.2) is 20.2 Å². The van der Waals surface area contributed by atoms with E-state index in [1.54, 1.807) is 0 Å². The summed E-state index contributed by atoms with van der Waals surface area (Å²) in [5, 5.41) is 23.7. The Kier molecular flexibility index (Phi) is 7.92. The lowest BCUT2D eigenvalue weighted by molar-refractivity contribution is 0.101. The van der Waals surface area contributed by atoms with E-state index in [9.17, 15) is 18.0 Å². The van der Waals surface area contributed by atoms with Crippen LogP contribution >= 0.6 is 11.6 Å². The third-order valence-electron chi connectivity index (χ3n) is 5.45. The Hall–Kier alpha value is -5.16.